The lowest BCUT2D eigenvalue weighted by molar-refractivity contribution is -0.148. The Labute approximate surface area is 180 Å². The molecule has 0 spiro atoms. The highest BCUT2D eigenvalue weighted by Gasteiger charge is 2.33. The maximum atomic E-state index is 12.7. The van der Waals surface area contributed by atoms with Crippen LogP contribution in [0.5, 0.6) is 11.5 Å². The number of Topliss-reactive ketones (excluding diaryl/α,β-unsaturated/α-hetero) is 1. The van der Waals surface area contributed by atoms with Crippen molar-refractivity contribution in [2.24, 2.45) is 5.92 Å². The van der Waals surface area contributed by atoms with Crippen molar-refractivity contribution in [3.8, 4) is 11.5 Å². The molecule has 0 radical (unpaired) electrons. The molecule has 2 aliphatic heterocycles. The summed E-state index contributed by atoms with van der Waals surface area (Å²) in [5.41, 5.74) is 0.376. The summed E-state index contributed by atoms with van der Waals surface area (Å²) in [6.45, 7) is 0.961. The van der Waals surface area contributed by atoms with Gasteiger partial charge in [-0.1, -0.05) is 18.2 Å². The van der Waals surface area contributed by atoms with Crippen LogP contribution < -0.4 is 9.47 Å². The van der Waals surface area contributed by atoms with E-state index in [1.54, 1.807) is 48.5 Å². The molecule has 2 heterocycles. The first kappa shape index (κ1) is 21.3. The molecule has 0 amide bonds. The van der Waals surface area contributed by atoms with E-state index in [9.17, 15) is 18.0 Å². The van der Waals surface area contributed by atoms with Gasteiger partial charge < -0.3 is 14.2 Å². The molecular formula is C22H23NO7S. The van der Waals surface area contributed by atoms with Gasteiger partial charge in [0.25, 0.3) is 0 Å². The molecular weight excluding hydrogens is 422 g/mol. The molecule has 0 aliphatic carbocycles. The standard InChI is InChI=1S/C22H23NO7S/c24-19(17-6-7-20-21(14-17)29-13-12-28-20)15-30-22(25)16-8-10-23(11-9-16)31(26,27)18-4-2-1-3-5-18/h1-7,14,16H,8-13,15H2. The molecule has 1 saturated heterocycles. The van der Waals surface area contributed by atoms with Gasteiger partial charge in [0, 0.05) is 18.7 Å². The summed E-state index contributed by atoms with van der Waals surface area (Å²) in [5.74, 6) is -0.181. The third kappa shape index (κ3) is 4.72. The van der Waals surface area contributed by atoms with Crippen LogP contribution in [0.25, 0.3) is 0 Å². The topological polar surface area (TPSA) is 99.2 Å². The van der Waals surface area contributed by atoms with E-state index in [4.69, 9.17) is 14.2 Å². The van der Waals surface area contributed by atoms with E-state index >= 15 is 0 Å². The van der Waals surface area contributed by atoms with Crippen molar-refractivity contribution in [2.45, 2.75) is 17.7 Å². The van der Waals surface area contributed by atoms with Crippen LogP contribution >= 0.6 is 0 Å². The number of carbonyl (C=O) groups excluding carboxylic acids is 2. The third-order valence-electron chi connectivity index (χ3n) is 5.38. The highest BCUT2D eigenvalue weighted by molar-refractivity contribution is 7.89. The van der Waals surface area contributed by atoms with Gasteiger partial charge in [0.15, 0.2) is 23.9 Å². The van der Waals surface area contributed by atoms with Crippen LogP contribution in [0.4, 0.5) is 0 Å². The fourth-order valence-corrected chi connectivity index (χ4v) is 5.12. The van der Waals surface area contributed by atoms with Gasteiger partial charge in [-0.25, -0.2) is 8.42 Å². The largest absolute Gasteiger partial charge is 0.486 e. The van der Waals surface area contributed by atoms with Gasteiger partial charge in [-0.3, -0.25) is 9.59 Å². The van der Waals surface area contributed by atoms with Crippen molar-refractivity contribution in [1.29, 1.82) is 0 Å². The zero-order valence-corrected chi connectivity index (χ0v) is 17.7. The Kier molecular flexibility index (Phi) is 6.24. The fraction of sp³-hybridized carbons (Fsp3) is 0.364. The van der Waals surface area contributed by atoms with Crippen LogP contribution in [0.2, 0.25) is 0 Å². The van der Waals surface area contributed by atoms with Gasteiger partial charge in [0.2, 0.25) is 10.0 Å². The van der Waals surface area contributed by atoms with E-state index in [1.165, 1.54) is 4.31 Å². The van der Waals surface area contributed by atoms with Crippen molar-refractivity contribution in [3.63, 3.8) is 0 Å². The predicted octanol–water partition coefficient (Wildman–Crippen LogP) is 2.28. The monoisotopic (exact) mass is 445 g/mol. The summed E-state index contributed by atoms with van der Waals surface area (Å²) >= 11 is 0. The Morgan fingerprint density at radius 3 is 2.35 bits per heavy atom. The minimum absolute atomic E-state index is 0.229. The molecule has 0 unspecified atom stereocenters. The number of hydrogen-bond acceptors (Lipinski definition) is 7. The average Bonchev–Trinajstić information content (AvgIpc) is 2.82. The van der Waals surface area contributed by atoms with E-state index in [-0.39, 0.29) is 30.4 Å². The molecule has 0 aromatic heterocycles. The van der Waals surface area contributed by atoms with Crippen LogP contribution in [0.1, 0.15) is 23.2 Å². The van der Waals surface area contributed by atoms with Gasteiger partial charge in [-0.15, -0.1) is 0 Å². The summed E-state index contributed by atoms with van der Waals surface area (Å²) in [6.07, 6.45) is 0.701. The summed E-state index contributed by atoms with van der Waals surface area (Å²) in [6, 6.07) is 13.1. The maximum Gasteiger partial charge on any atom is 0.309 e. The molecule has 0 N–H and O–H groups in total. The molecule has 0 atom stereocenters. The number of hydrogen-bond donors (Lipinski definition) is 0. The number of piperidine rings is 1. The molecule has 1 fully saturated rings. The molecule has 2 aromatic rings. The van der Waals surface area contributed by atoms with Crippen LogP contribution in [-0.2, 0) is 19.6 Å². The summed E-state index contributed by atoms with van der Waals surface area (Å²) in [4.78, 5) is 25.0. The Balaban J connectivity index is 1.29. The number of rotatable bonds is 6. The molecule has 31 heavy (non-hydrogen) atoms. The van der Waals surface area contributed by atoms with Gasteiger partial charge in [-0.2, -0.15) is 4.31 Å². The quantitative estimate of drug-likeness (QED) is 0.497. The third-order valence-corrected chi connectivity index (χ3v) is 7.29. The Morgan fingerprint density at radius 1 is 0.968 bits per heavy atom. The van der Waals surface area contributed by atoms with Crippen LogP contribution in [-0.4, -0.2) is 57.4 Å². The number of sulfonamides is 1. The smallest absolute Gasteiger partial charge is 0.309 e. The van der Waals surface area contributed by atoms with E-state index in [1.807, 2.05) is 0 Å². The number of ether oxygens (including phenoxy) is 3. The lowest BCUT2D eigenvalue weighted by Crippen LogP contribution is -2.40. The van der Waals surface area contributed by atoms with Gasteiger partial charge >= 0.3 is 5.97 Å². The van der Waals surface area contributed by atoms with Crippen LogP contribution in [0.15, 0.2) is 53.4 Å². The highest BCUT2D eigenvalue weighted by Crippen LogP contribution is 2.31. The lowest BCUT2D eigenvalue weighted by atomic mass is 9.98. The second-order valence-electron chi connectivity index (χ2n) is 7.38. The second-order valence-corrected chi connectivity index (χ2v) is 9.32. The predicted molar refractivity (Wildman–Crippen MR) is 111 cm³/mol. The molecule has 164 valence electrons. The van der Waals surface area contributed by atoms with Crippen molar-refractivity contribution in [3.05, 3.63) is 54.1 Å². The first-order valence-electron chi connectivity index (χ1n) is 10.1. The van der Waals surface area contributed by atoms with Gasteiger partial charge in [0.05, 0.1) is 10.8 Å². The maximum absolute atomic E-state index is 12.7. The summed E-state index contributed by atoms with van der Waals surface area (Å²) in [7, 11) is -3.58. The van der Waals surface area contributed by atoms with E-state index in [0.29, 0.717) is 43.1 Å². The molecule has 2 aliphatic rings. The molecule has 0 saturated carbocycles. The number of benzene rings is 2. The average molecular weight is 445 g/mol. The fourth-order valence-electron chi connectivity index (χ4n) is 3.63. The lowest BCUT2D eigenvalue weighted by Gasteiger charge is -2.30. The van der Waals surface area contributed by atoms with Gasteiger partial charge in [0.1, 0.15) is 13.2 Å². The van der Waals surface area contributed by atoms with Crippen LogP contribution in [0.3, 0.4) is 0 Å². The Morgan fingerprint density at radius 2 is 1.65 bits per heavy atom. The van der Waals surface area contributed by atoms with Crippen LogP contribution in [0, 0.1) is 5.92 Å². The molecule has 8 nitrogen and oxygen atoms in total. The number of carbonyl (C=O) groups is 2. The minimum atomic E-state index is -3.58. The van der Waals surface area contributed by atoms with E-state index in [2.05, 4.69) is 0 Å². The zero-order valence-electron chi connectivity index (χ0n) is 16.9. The van der Waals surface area contributed by atoms with E-state index in [0.717, 1.165) is 0 Å². The van der Waals surface area contributed by atoms with E-state index < -0.39 is 21.9 Å². The normalized spacial score (nSPS) is 17.2. The molecule has 0 bridgehead atoms. The number of ketones is 1. The van der Waals surface area contributed by atoms with Crippen molar-refractivity contribution < 1.29 is 32.2 Å². The first-order chi connectivity index (χ1) is 14.9. The first-order valence-corrected chi connectivity index (χ1v) is 11.5. The SMILES string of the molecule is O=C(COC(=O)C1CCN(S(=O)(=O)c2ccccc2)CC1)c1ccc2c(c1)OCCO2. The highest BCUT2D eigenvalue weighted by atomic mass is 32.2. The minimum Gasteiger partial charge on any atom is -0.486 e. The summed E-state index contributed by atoms with van der Waals surface area (Å²) < 4.78 is 42.9. The van der Waals surface area contributed by atoms with Crippen molar-refractivity contribution >= 4 is 21.8 Å². The Hall–Kier alpha value is -2.91. The zero-order chi connectivity index (χ0) is 21.8. The van der Waals surface area contributed by atoms with Crippen molar-refractivity contribution in [2.75, 3.05) is 32.9 Å². The van der Waals surface area contributed by atoms with Gasteiger partial charge in [-0.05, 0) is 43.2 Å². The number of fused-ring (bicyclic) bond motifs is 1. The Bertz CT molecular complexity index is 1060. The number of esters is 1. The number of nitrogens with zero attached hydrogens (tertiary/aromatic N) is 1. The van der Waals surface area contributed by atoms with Crippen molar-refractivity contribution in [1.82, 2.24) is 4.31 Å². The molecule has 9 heteroatoms. The second kappa shape index (κ2) is 9.07. The molecule has 4 rings (SSSR count). The summed E-state index contributed by atoms with van der Waals surface area (Å²) in [5, 5.41) is 0. The molecule has 2 aromatic carbocycles.